The zero-order valence-electron chi connectivity index (χ0n) is 18.1. The van der Waals surface area contributed by atoms with Gasteiger partial charge in [0.05, 0.1) is 22.8 Å². The van der Waals surface area contributed by atoms with Crippen LogP contribution in [0.2, 0.25) is 0 Å². The van der Waals surface area contributed by atoms with Crippen LogP contribution in [0.5, 0.6) is 0 Å². The summed E-state index contributed by atoms with van der Waals surface area (Å²) in [6, 6.07) is 5.28. The summed E-state index contributed by atoms with van der Waals surface area (Å²) in [5.74, 6) is 0.126. The van der Waals surface area contributed by atoms with Crippen molar-refractivity contribution in [2.24, 2.45) is 17.6 Å². The molecule has 8 nitrogen and oxygen atoms in total. The van der Waals surface area contributed by atoms with Crippen LogP contribution in [0.3, 0.4) is 0 Å². The maximum absolute atomic E-state index is 13.2. The molecule has 1 atom stereocenters. The third kappa shape index (κ3) is 4.14. The van der Waals surface area contributed by atoms with Crippen molar-refractivity contribution in [3.8, 4) is 0 Å². The number of rotatable bonds is 5. The molecule has 0 spiro atoms. The van der Waals surface area contributed by atoms with E-state index in [9.17, 15) is 9.59 Å². The summed E-state index contributed by atoms with van der Waals surface area (Å²) in [7, 11) is 0. The second-order valence-corrected chi connectivity index (χ2v) is 9.86. The lowest BCUT2D eigenvalue weighted by atomic mass is 9.81. The number of hydrogen-bond donors (Lipinski definition) is 1. The summed E-state index contributed by atoms with van der Waals surface area (Å²) in [4.78, 5) is 34.9. The van der Waals surface area contributed by atoms with Crippen molar-refractivity contribution in [3.05, 3.63) is 46.0 Å². The number of hydrogen-bond acceptors (Lipinski definition) is 6. The van der Waals surface area contributed by atoms with Gasteiger partial charge in [-0.15, -0.1) is 11.3 Å². The van der Waals surface area contributed by atoms with Crippen molar-refractivity contribution < 1.29 is 14.4 Å². The van der Waals surface area contributed by atoms with Crippen LogP contribution in [0.25, 0.3) is 10.9 Å². The van der Waals surface area contributed by atoms with Gasteiger partial charge >= 0.3 is 0 Å². The number of nitrogens with zero attached hydrogens (tertiary/aromatic N) is 4. The third-order valence-electron chi connectivity index (χ3n) is 6.58. The van der Waals surface area contributed by atoms with Gasteiger partial charge in [-0.2, -0.15) is 5.10 Å². The molecule has 32 heavy (non-hydrogen) atoms. The number of benzene rings is 1. The fraction of sp³-hybridized carbons (Fsp3) is 0.478. The van der Waals surface area contributed by atoms with Crippen LogP contribution in [0.15, 0.2) is 29.8 Å². The van der Waals surface area contributed by atoms with E-state index in [-0.39, 0.29) is 17.9 Å². The Hall–Kier alpha value is -2.78. The number of thiazole rings is 1. The van der Waals surface area contributed by atoms with Gasteiger partial charge in [0.1, 0.15) is 6.04 Å². The molecule has 1 aliphatic heterocycles. The molecule has 2 amide bonds. The van der Waals surface area contributed by atoms with Gasteiger partial charge in [0.2, 0.25) is 11.8 Å². The van der Waals surface area contributed by atoms with E-state index in [0.29, 0.717) is 18.1 Å². The molecule has 5 rings (SSSR count). The van der Waals surface area contributed by atoms with Crippen LogP contribution in [-0.2, 0) is 16.2 Å². The van der Waals surface area contributed by atoms with Crippen molar-refractivity contribution in [1.29, 1.82) is 0 Å². The molecule has 1 saturated carbocycles. The predicted octanol–water partition coefficient (Wildman–Crippen LogP) is 3.61. The zero-order chi connectivity index (χ0) is 22.2. The molecule has 0 bridgehead atoms. The molecule has 2 N–H and O–H groups in total. The van der Waals surface area contributed by atoms with Crippen molar-refractivity contribution in [2.45, 2.75) is 51.6 Å². The van der Waals surface area contributed by atoms with Gasteiger partial charge in [-0.3, -0.25) is 19.1 Å². The first-order valence-corrected chi connectivity index (χ1v) is 12.0. The minimum atomic E-state index is -0.446. The Balaban J connectivity index is 1.19. The van der Waals surface area contributed by atoms with E-state index in [2.05, 4.69) is 10.1 Å². The number of amides is 2. The van der Waals surface area contributed by atoms with E-state index in [0.717, 1.165) is 60.3 Å². The summed E-state index contributed by atoms with van der Waals surface area (Å²) in [5.41, 5.74) is 7.56. The second kappa shape index (κ2) is 8.63. The van der Waals surface area contributed by atoms with Crippen molar-refractivity contribution in [2.75, 3.05) is 6.61 Å². The molecule has 1 aromatic carbocycles. The van der Waals surface area contributed by atoms with Gasteiger partial charge in [-0.25, -0.2) is 10.0 Å². The molecule has 2 fully saturated rings. The van der Waals surface area contributed by atoms with Crippen LogP contribution in [-0.4, -0.2) is 38.2 Å². The number of aromatic nitrogens is 3. The van der Waals surface area contributed by atoms with Crippen molar-refractivity contribution in [3.63, 3.8) is 0 Å². The number of carbonyl (C=O) groups excluding carboxylic acids is 2. The molecule has 2 aliphatic rings. The van der Waals surface area contributed by atoms with E-state index in [4.69, 9.17) is 10.6 Å². The van der Waals surface area contributed by atoms with E-state index in [1.165, 1.54) is 0 Å². The molecule has 1 aliphatic carbocycles. The van der Waals surface area contributed by atoms with Gasteiger partial charge in [0.25, 0.3) is 0 Å². The topological polar surface area (TPSA) is 103 Å². The lowest BCUT2D eigenvalue weighted by Gasteiger charge is -2.31. The largest absolute Gasteiger partial charge is 0.366 e. The summed E-state index contributed by atoms with van der Waals surface area (Å²) < 4.78 is 1.95. The predicted molar refractivity (Wildman–Crippen MR) is 121 cm³/mol. The van der Waals surface area contributed by atoms with Gasteiger partial charge in [-0.1, -0.05) is 6.07 Å². The first-order valence-electron chi connectivity index (χ1n) is 11.1. The van der Waals surface area contributed by atoms with Crippen LogP contribution >= 0.6 is 11.3 Å². The molecule has 3 aromatic rings. The Bertz CT molecular complexity index is 1150. The maximum atomic E-state index is 13.2. The van der Waals surface area contributed by atoms with Crippen molar-refractivity contribution in [1.82, 2.24) is 19.8 Å². The maximum Gasteiger partial charge on any atom is 0.249 e. The molecule has 1 saturated heterocycles. The molecule has 2 aromatic heterocycles. The Morgan fingerprint density at radius 1 is 1.22 bits per heavy atom. The molecule has 168 valence electrons. The highest BCUT2D eigenvalue weighted by atomic mass is 32.1. The second-order valence-electron chi connectivity index (χ2n) is 8.80. The quantitative estimate of drug-likeness (QED) is 0.636. The molecule has 9 heteroatoms. The Morgan fingerprint density at radius 2 is 2.03 bits per heavy atom. The van der Waals surface area contributed by atoms with Gasteiger partial charge in [0, 0.05) is 41.4 Å². The van der Waals surface area contributed by atoms with Crippen LogP contribution in [0.4, 0.5) is 0 Å². The van der Waals surface area contributed by atoms with E-state index in [1.54, 1.807) is 28.5 Å². The summed E-state index contributed by atoms with van der Waals surface area (Å²) >= 11 is 1.61. The standard InChI is InChI=1S/C23H27N5O3S/c1-14-25-20(13-32-14)21-8-9-31-28(21)23(30)16-4-2-15(3-5-16)11-27-12-18-7-6-17(22(24)29)10-19(18)26-27/h6-7,10,12-13,15-16,21H,2-5,8-9,11H2,1H3,(H2,24,29)/t15-,16-,21-/m0/s1. The van der Waals surface area contributed by atoms with Crippen LogP contribution in [0.1, 0.15) is 59.2 Å². The number of primary amides is 1. The normalized spacial score (nSPS) is 23.7. The Morgan fingerprint density at radius 3 is 2.75 bits per heavy atom. The average Bonchev–Trinajstić information content (AvgIpc) is 3.52. The summed E-state index contributed by atoms with van der Waals surface area (Å²) in [6.45, 7) is 3.35. The van der Waals surface area contributed by atoms with Crippen LogP contribution in [0, 0.1) is 18.8 Å². The highest BCUT2D eigenvalue weighted by molar-refractivity contribution is 7.09. The smallest absolute Gasteiger partial charge is 0.249 e. The number of nitrogens with two attached hydrogens (primary N) is 1. The number of hydroxylamine groups is 2. The molecular weight excluding hydrogens is 426 g/mol. The SMILES string of the molecule is Cc1nc([C@@H]2CCON2C(=O)[C@H]2CC[C@H](Cn3cc4ccc(C(N)=O)cc4n3)CC2)cs1. The highest BCUT2D eigenvalue weighted by Crippen LogP contribution is 2.36. The molecular formula is C23H27N5O3S. The van der Waals surface area contributed by atoms with Crippen molar-refractivity contribution >= 4 is 34.1 Å². The summed E-state index contributed by atoms with van der Waals surface area (Å²) in [5, 5.41) is 10.3. The first-order chi connectivity index (χ1) is 15.5. The lowest BCUT2D eigenvalue weighted by Crippen LogP contribution is -2.37. The lowest BCUT2D eigenvalue weighted by molar-refractivity contribution is -0.183. The molecule has 0 radical (unpaired) electrons. The monoisotopic (exact) mass is 453 g/mol. The zero-order valence-corrected chi connectivity index (χ0v) is 18.9. The fourth-order valence-electron chi connectivity index (χ4n) is 4.84. The number of carbonyl (C=O) groups is 2. The number of fused-ring (bicyclic) bond motifs is 1. The highest BCUT2D eigenvalue weighted by Gasteiger charge is 2.38. The minimum Gasteiger partial charge on any atom is -0.366 e. The van der Waals surface area contributed by atoms with E-state index >= 15 is 0 Å². The van der Waals surface area contributed by atoms with Gasteiger partial charge < -0.3 is 5.73 Å². The first kappa shape index (κ1) is 21.1. The van der Waals surface area contributed by atoms with Gasteiger partial charge in [0.15, 0.2) is 0 Å². The van der Waals surface area contributed by atoms with Gasteiger partial charge in [-0.05, 0) is 50.7 Å². The van der Waals surface area contributed by atoms with Crippen LogP contribution < -0.4 is 5.73 Å². The summed E-state index contributed by atoms with van der Waals surface area (Å²) in [6.07, 6.45) is 6.49. The fourth-order valence-corrected chi connectivity index (χ4v) is 5.50. The van der Waals surface area contributed by atoms with E-state index in [1.807, 2.05) is 29.2 Å². The average molecular weight is 454 g/mol. The molecule has 0 unspecified atom stereocenters. The Kier molecular flexibility index (Phi) is 5.69. The van der Waals surface area contributed by atoms with E-state index < -0.39 is 5.91 Å². The third-order valence-corrected chi connectivity index (χ3v) is 7.37. The minimum absolute atomic E-state index is 0.00130. The number of aryl methyl sites for hydroxylation is 1. The Labute approximate surface area is 190 Å². The molecule has 3 heterocycles.